The van der Waals surface area contributed by atoms with Gasteiger partial charge in [0.1, 0.15) is 18.2 Å². The fourth-order valence-corrected chi connectivity index (χ4v) is 1.62. The van der Waals surface area contributed by atoms with Gasteiger partial charge in [0.25, 0.3) is 0 Å². The van der Waals surface area contributed by atoms with Gasteiger partial charge in [0, 0.05) is 0 Å². The zero-order valence-electron chi connectivity index (χ0n) is 9.48. The molecule has 0 spiro atoms. The number of aryl methyl sites for hydroxylation is 1. The normalized spacial score (nSPS) is 10.2. The Morgan fingerprint density at radius 3 is 2.88 bits per heavy atom. The van der Waals surface area contributed by atoms with Gasteiger partial charge in [-0.05, 0) is 36.8 Å². The maximum Gasteiger partial charge on any atom is 0.132 e. The largest absolute Gasteiger partial charge is 0.487 e. The van der Waals surface area contributed by atoms with Crippen LogP contribution in [0.25, 0.3) is 0 Å². The number of halogens is 1. The molecule has 88 valence electrons. The number of anilines is 1. The van der Waals surface area contributed by atoms with Crippen molar-refractivity contribution >= 4 is 17.4 Å². The van der Waals surface area contributed by atoms with Gasteiger partial charge >= 0.3 is 0 Å². The van der Waals surface area contributed by atoms with Gasteiger partial charge < -0.3 is 10.5 Å². The Balaban J connectivity index is 2.09. The molecular weight excluding hydrogens is 236 g/mol. The van der Waals surface area contributed by atoms with E-state index in [0.717, 1.165) is 11.3 Å². The summed E-state index contributed by atoms with van der Waals surface area (Å²) in [4.78, 5) is 4.13. The second-order valence-electron chi connectivity index (χ2n) is 3.77. The molecule has 0 aliphatic heterocycles. The van der Waals surface area contributed by atoms with Gasteiger partial charge in [0.2, 0.25) is 0 Å². The molecule has 1 aromatic carbocycles. The first-order valence-corrected chi connectivity index (χ1v) is 5.63. The average molecular weight is 249 g/mol. The third-order valence-electron chi connectivity index (χ3n) is 2.31. The Morgan fingerprint density at radius 2 is 2.12 bits per heavy atom. The maximum absolute atomic E-state index is 6.00. The van der Waals surface area contributed by atoms with Crippen LogP contribution in [0.3, 0.4) is 0 Å². The van der Waals surface area contributed by atoms with E-state index in [1.807, 2.05) is 31.2 Å². The van der Waals surface area contributed by atoms with E-state index < -0.39 is 0 Å². The zero-order valence-corrected chi connectivity index (χ0v) is 10.2. The number of nitrogens with zero attached hydrogens (tertiary/aromatic N) is 1. The zero-order chi connectivity index (χ0) is 12.3. The van der Waals surface area contributed by atoms with E-state index in [1.54, 1.807) is 12.1 Å². The van der Waals surface area contributed by atoms with E-state index in [4.69, 9.17) is 22.1 Å². The van der Waals surface area contributed by atoms with E-state index in [1.165, 1.54) is 0 Å². The summed E-state index contributed by atoms with van der Waals surface area (Å²) in [6.07, 6.45) is 0. The van der Waals surface area contributed by atoms with Gasteiger partial charge in [0.15, 0.2) is 0 Å². The molecule has 17 heavy (non-hydrogen) atoms. The molecule has 0 saturated heterocycles. The van der Waals surface area contributed by atoms with E-state index in [9.17, 15) is 0 Å². The lowest BCUT2D eigenvalue weighted by atomic mass is 10.2. The lowest BCUT2D eigenvalue weighted by Crippen LogP contribution is -2.01. The number of hydrogen-bond donors (Lipinski definition) is 1. The molecule has 0 aliphatic carbocycles. The van der Waals surface area contributed by atoms with Crippen LogP contribution in [0.5, 0.6) is 5.75 Å². The summed E-state index contributed by atoms with van der Waals surface area (Å²) < 4.78 is 5.61. The van der Waals surface area contributed by atoms with Crippen LogP contribution in [0.1, 0.15) is 11.3 Å². The van der Waals surface area contributed by atoms with Crippen LogP contribution in [-0.4, -0.2) is 4.98 Å². The van der Waals surface area contributed by atoms with Crippen molar-refractivity contribution in [1.82, 2.24) is 4.98 Å². The maximum atomic E-state index is 6.00. The second-order valence-corrected chi connectivity index (χ2v) is 4.18. The highest BCUT2D eigenvalue weighted by Gasteiger charge is 2.04. The van der Waals surface area contributed by atoms with E-state index in [0.29, 0.717) is 23.1 Å². The molecule has 4 heteroatoms. The van der Waals surface area contributed by atoms with Gasteiger partial charge in [-0.3, -0.25) is 0 Å². The highest BCUT2D eigenvalue weighted by molar-refractivity contribution is 6.31. The minimum Gasteiger partial charge on any atom is -0.487 e. The SMILES string of the molecule is Cc1cccc(OCc2nc(N)ccc2Cl)c1. The molecule has 1 heterocycles. The molecular formula is C13H13ClN2O. The van der Waals surface area contributed by atoms with Crippen LogP contribution in [0.2, 0.25) is 5.02 Å². The summed E-state index contributed by atoms with van der Waals surface area (Å²) in [5.74, 6) is 1.24. The smallest absolute Gasteiger partial charge is 0.132 e. The molecule has 0 amide bonds. The Labute approximate surface area is 105 Å². The number of rotatable bonds is 3. The Hall–Kier alpha value is -1.74. The number of nitrogens with two attached hydrogens (primary N) is 1. The number of nitrogen functional groups attached to an aromatic ring is 1. The van der Waals surface area contributed by atoms with Gasteiger partial charge in [-0.15, -0.1) is 0 Å². The highest BCUT2D eigenvalue weighted by atomic mass is 35.5. The lowest BCUT2D eigenvalue weighted by Gasteiger charge is -2.08. The molecule has 3 nitrogen and oxygen atoms in total. The fourth-order valence-electron chi connectivity index (χ4n) is 1.46. The summed E-state index contributed by atoms with van der Waals surface area (Å²) in [7, 11) is 0. The summed E-state index contributed by atoms with van der Waals surface area (Å²) in [5.41, 5.74) is 7.39. The quantitative estimate of drug-likeness (QED) is 0.907. The molecule has 0 radical (unpaired) electrons. The lowest BCUT2D eigenvalue weighted by molar-refractivity contribution is 0.301. The van der Waals surface area contributed by atoms with Crippen molar-refractivity contribution in [1.29, 1.82) is 0 Å². The third-order valence-corrected chi connectivity index (χ3v) is 2.65. The van der Waals surface area contributed by atoms with Gasteiger partial charge in [-0.1, -0.05) is 23.7 Å². The second kappa shape index (κ2) is 5.06. The molecule has 2 rings (SSSR count). The van der Waals surface area contributed by atoms with Crippen molar-refractivity contribution in [2.24, 2.45) is 0 Å². The van der Waals surface area contributed by atoms with Crippen molar-refractivity contribution in [3.8, 4) is 5.75 Å². The van der Waals surface area contributed by atoms with E-state index in [-0.39, 0.29) is 0 Å². The Bertz CT molecular complexity index is 529. The van der Waals surface area contributed by atoms with Crippen LogP contribution >= 0.6 is 11.6 Å². The topological polar surface area (TPSA) is 48.1 Å². The standard InChI is InChI=1S/C13H13ClN2O/c1-9-3-2-4-10(7-9)17-8-12-11(14)5-6-13(15)16-12/h2-7H,8H2,1H3,(H2,15,16). The van der Waals surface area contributed by atoms with Crippen LogP contribution in [0.15, 0.2) is 36.4 Å². The Kier molecular flexibility index (Phi) is 3.49. The number of benzene rings is 1. The third kappa shape index (κ3) is 3.11. The molecule has 0 unspecified atom stereocenters. The first kappa shape index (κ1) is 11.7. The van der Waals surface area contributed by atoms with Crippen LogP contribution in [-0.2, 0) is 6.61 Å². The molecule has 2 aromatic rings. The number of pyridine rings is 1. The van der Waals surface area contributed by atoms with Crippen molar-refractivity contribution < 1.29 is 4.74 Å². The van der Waals surface area contributed by atoms with E-state index in [2.05, 4.69) is 4.98 Å². The van der Waals surface area contributed by atoms with Crippen molar-refractivity contribution in [3.63, 3.8) is 0 Å². The first-order chi connectivity index (χ1) is 8.15. The molecule has 0 saturated carbocycles. The Morgan fingerprint density at radius 1 is 1.29 bits per heavy atom. The van der Waals surface area contributed by atoms with Gasteiger partial charge in [-0.2, -0.15) is 0 Å². The minimum absolute atomic E-state index is 0.313. The van der Waals surface area contributed by atoms with Crippen LogP contribution in [0, 0.1) is 6.92 Å². The number of aromatic nitrogens is 1. The van der Waals surface area contributed by atoms with Gasteiger partial charge in [0.05, 0.1) is 10.7 Å². The molecule has 0 atom stereocenters. The van der Waals surface area contributed by atoms with Crippen molar-refractivity contribution in [2.45, 2.75) is 13.5 Å². The number of hydrogen-bond acceptors (Lipinski definition) is 3. The van der Waals surface area contributed by atoms with E-state index >= 15 is 0 Å². The predicted octanol–water partition coefficient (Wildman–Crippen LogP) is 3.20. The van der Waals surface area contributed by atoms with Crippen LogP contribution in [0.4, 0.5) is 5.82 Å². The van der Waals surface area contributed by atoms with Crippen molar-refractivity contribution in [2.75, 3.05) is 5.73 Å². The summed E-state index contributed by atoms with van der Waals surface area (Å²) >= 11 is 6.00. The summed E-state index contributed by atoms with van der Waals surface area (Å²) in [5, 5.41) is 0.562. The molecule has 1 aromatic heterocycles. The minimum atomic E-state index is 0.313. The van der Waals surface area contributed by atoms with Crippen molar-refractivity contribution in [3.05, 3.63) is 52.7 Å². The fraction of sp³-hybridized carbons (Fsp3) is 0.154. The monoisotopic (exact) mass is 248 g/mol. The molecule has 0 bridgehead atoms. The van der Waals surface area contributed by atoms with Gasteiger partial charge in [-0.25, -0.2) is 4.98 Å². The number of ether oxygens (including phenoxy) is 1. The van der Waals surface area contributed by atoms with Crippen LogP contribution < -0.4 is 10.5 Å². The first-order valence-electron chi connectivity index (χ1n) is 5.25. The predicted molar refractivity (Wildman–Crippen MR) is 69.2 cm³/mol. The highest BCUT2D eigenvalue weighted by Crippen LogP contribution is 2.19. The molecule has 0 fully saturated rings. The molecule has 2 N–H and O–H groups in total. The summed E-state index contributed by atoms with van der Waals surface area (Å²) in [6, 6.07) is 11.2. The summed E-state index contributed by atoms with van der Waals surface area (Å²) in [6.45, 7) is 2.33. The molecule has 0 aliphatic rings. The average Bonchev–Trinajstić information content (AvgIpc) is 2.30.